The van der Waals surface area contributed by atoms with Gasteiger partial charge in [0.1, 0.15) is 13.2 Å². The lowest BCUT2D eigenvalue weighted by Crippen LogP contribution is -2.01. The normalized spacial score (nSPS) is 10.7. The van der Waals surface area contributed by atoms with Crippen molar-refractivity contribution >= 4 is 17.9 Å². The van der Waals surface area contributed by atoms with Gasteiger partial charge < -0.3 is 14.6 Å². The predicted octanol–water partition coefficient (Wildman–Crippen LogP) is 5.99. The molecule has 0 aliphatic heterocycles. The Morgan fingerprint density at radius 2 is 1.35 bits per heavy atom. The summed E-state index contributed by atoms with van der Waals surface area (Å²) in [5, 5.41) is 13.2. The Hall–Kier alpha value is -4.58. The SMILES string of the molecule is O=C(O)c1ccc(NN=Cc2ccc(OCc3ccccc3)c(OCc3ccccc3)c2)cc1. The first-order valence-corrected chi connectivity index (χ1v) is 10.8. The van der Waals surface area contributed by atoms with Crippen LogP contribution in [0.3, 0.4) is 0 Å². The largest absolute Gasteiger partial charge is 0.485 e. The third-order valence-corrected chi connectivity index (χ3v) is 4.98. The van der Waals surface area contributed by atoms with Crippen molar-refractivity contribution in [2.45, 2.75) is 13.2 Å². The molecule has 4 rings (SSSR count). The van der Waals surface area contributed by atoms with Crippen LogP contribution in [0.25, 0.3) is 0 Å². The number of nitrogens with one attached hydrogen (secondary N) is 1. The molecule has 2 N–H and O–H groups in total. The second-order valence-electron chi connectivity index (χ2n) is 7.51. The van der Waals surface area contributed by atoms with Gasteiger partial charge in [0, 0.05) is 0 Å². The van der Waals surface area contributed by atoms with E-state index >= 15 is 0 Å². The molecule has 0 amide bonds. The second-order valence-corrected chi connectivity index (χ2v) is 7.51. The molecule has 170 valence electrons. The molecule has 34 heavy (non-hydrogen) atoms. The number of rotatable bonds is 10. The zero-order valence-corrected chi connectivity index (χ0v) is 18.4. The quantitative estimate of drug-likeness (QED) is 0.228. The monoisotopic (exact) mass is 452 g/mol. The maximum atomic E-state index is 11.0. The minimum Gasteiger partial charge on any atom is -0.485 e. The van der Waals surface area contributed by atoms with E-state index in [1.54, 1.807) is 18.3 Å². The topological polar surface area (TPSA) is 80.2 Å². The predicted molar refractivity (Wildman–Crippen MR) is 133 cm³/mol. The van der Waals surface area contributed by atoms with Crippen molar-refractivity contribution in [2.75, 3.05) is 5.43 Å². The first-order valence-electron chi connectivity index (χ1n) is 10.8. The Labute approximate surface area is 198 Å². The summed E-state index contributed by atoms with van der Waals surface area (Å²) in [4.78, 5) is 11.0. The standard InChI is InChI=1S/C28H24N2O4/c31-28(32)24-12-14-25(15-13-24)30-29-18-23-11-16-26(33-19-21-7-3-1-4-8-21)27(17-23)34-20-22-9-5-2-6-10-22/h1-18,30H,19-20H2,(H,31,32). The van der Waals surface area contributed by atoms with Gasteiger partial charge in [-0.05, 0) is 59.2 Å². The van der Waals surface area contributed by atoms with Crippen LogP contribution in [0.4, 0.5) is 5.69 Å². The fourth-order valence-corrected chi connectivity index (χ4v) is 3.18. The van der Waals surface area contributed by atoms with Crippen LogP contribution in [0.2, 0.25) is 0 Å². The number of carboxylic acids is 1. The molecule has 6 heteroatoms. The molecule has 0 aliphatic carbocycles. The van der Waals surface area contributed by atoms with Crippen LogP contribution >= 0.6 is 0 Å². The summed E-state index contributed by atoms with van der Waals surface area (Å²) < 4.78 is 12.1. The van der Waals surface area contributed by atoms with E-state index in [1.807, 2.05) is 78.9 Å². The van der Waals surface area contributed by atoms with Gasteiger partial charge in [0.2, 0.25) is 0 Å². The second kappa shape index (κ2) is 11.3. The summed E-state index contributed by atoms with van der Waals surface area (Å²) in [6.45, 7) is 0.848. The number of ether oxygens (including phenoxy) is 2. The fraction of sp³-hybridized carbons (Fsp3) is 0.0714. The van der Waals surface area contributed by atoms with Crippen molar-refractivity contribution in [1.29, 1.82) is 0 Å². The molecule has 0 unspecified atom stereocenters. The third kappa shape index (κ3) is 6.46. The van der Waals surface area contributed by atoms with Crippen LogP contribution < -0.4 is 14.9 Å². The number of hydrogen-bond donors (Lipinski definition) is 2. The molecule has 0 aliphatic rings. The molecule has 4 aromatic rings. The number of carbonyl (C=O) groups is 1. The number of carboxylic acid groups (broad SMARTS) is 1. The average Bonchev–Trinajstić information content (AvgIpc) is 2.88. The van der Waals surface area contributed by atoms with E-state index in [-0.39, 0.29) is 5.56 Å². The number of hydrogen-bond acceptors (Lipinski definition) is 5. The lowest BCUT2D eigenvalue weighted by atomic mass is 10.2. The van der Waals surface area contributed by atoms with E-state index in [0.29, 0.717) is 30.4 Å². The van der Waals surface area contributed by atoms with Gasteiger partial charge in [-0.15, -0.1) is 0 Å². The van der Waals surface area contributed by atoms with Crippen LogP contribution in [0, 0.1) is 0 Å². The van der Waals surface area contributed by atoms with Crippen molar-refractivity contribution in [3.05, 3.63) is 125 Å². The first kappa shape index (κ1) is 22.6. The molecule has 0 saturated heterocycles. The highest BCUT2D eigenvalue weighted by Gasteiger charge is 2.08. The van der Waals surface area contributed by atoms with Gasteiger partial charge in [-0.3, -0.25) is 5.43 Å². The van der Waals surface area contributed by atoms with Crippen LogP contribution in [0.5, 0.6) is 11.5 Å². The highest BCUT2D eigenvalue weighted by molar-refractivity contribution is 5.88. The lowest BCUT2D eigenvalue weighted by molar-refractivity contribution is 0.0697. The molecule has 0 heterocycles. The summed E-state index contributed by atoms with van der Waals surface area (Å²) in [6, 6.07) is 31.9. The highest BCUT2D eigenvalue weighted by atomic mass is 16.5. The Balaban J connectivity index is 1.47. The Bertz CT molecular complexity index is 1240. The molecule has 0 saturated carbocycles. The highest BCUT2D eigenvalue weighted by Crippen LogP contribution is 2.30. The molecule has 4 aromatic carbocycles. The van der Waals surface area contributed by atoms with Crippen LogP contribution in [0.1, 0.15) is 27.0 Å². The number of hydrazone groups is 1. The van der Waals surface area contributed by atoms with Crippen LogP contribution in [-0.2, 0) is 13.2 Å². The molecule has 0 radical (unpaired) electrons. The van der Waals surface area contributed by atoms with Crippen molar-refractivity contribution in [3.8, 4) is 11.5 Å². The minimum absolute atomic E-state index is 0.223. The molecule has 6 nitrogen and oxygen atoms in total. The first-order chi connectivity index (χ1) is 16.7. The smallest absolute Gasteiger partial charge is 0.335 e. The van der Waals surface area contributed by atoms with E-state index in [0.717, 1.165) is 16.7 Å². The van der Waals surface area contributed by atoms with E-state index in [2.05, 4.69) is 10.5 Å². The molecule has 0 bridgehead atoms. The zero-order chi connectivity index (χ0) is 23.6. The van der Waals surface area contributed by atoms with Gasteiger partial charge in [-0.25, -0.2) is 4.79 Å². The zero-order valence-electron chi connectivity index (χ0n) is 18.4. The third-order valence-electron chi connectivity index (χ3n) is 4.98. The molecular weight excluding hydrogens is 428 g/mol. The minimum atomic E-state index is -0.965. The number of benzene rings is 4. The van der Waals surface area contributed by atoms with Gasteiger partial charge in [0.25, 0.3) is 0 Å². The van der Waals surface area contributed by atoms with Crippen molar-refractivity contribution in [3.63, 3.8) is 0 Å². The summed E-state index contributed by atoms with van der Waals surface area (Å²) >= 11 is 0. The molecule has 0 aromatic heterocycles. The van der Waals surface area contributed by atoms with Crippen molar-refractivity contribution in [2.24, 2.45) is 5.10 Å². The van der Waals surface area contributed by atoms with Crippen molar-refractivity contribution < 1.29 is 19.4 Å². The van der Waals surface area contributed by atoms with Crippen molar-refractivity contribution in [1.82, 2.24) is 0 Å². The van der Waals surface area contributed by atoms with Gasteiger partial charge in [0.15, 0.2) is 11.5 Å². The van der Waals surface area contributed by atoms with Crippen LogP contribution in [0.15, 0.2) is 108 Å². The molecule has 0 spiro atoms. The Morgan fingerprint density at radius 1 is 0.765 bits per heavy atom. The molecule has 0 atom stereocenters. The van der Waals surface area contributed by atoms with E-state index < -0.39 is 5.97 Å². The summed E-state index contributed by atoms with van der Waals surface area (Å²) in [5.74, 6) is 0.302. The molecule has 0 fully saturated rings. The fourth-order valence-electron chi connectivity index (χ4n) is 3.18. The maximum absolute atomic E-state index is 11.0. The van der Waals surface area contributed by atoms with E-state index in [1.165, 1.54) is 12.1 Å². The lowest BCUT2D eigenvalue weighted by Gasteiger charge is -2.14. The Morgan fingerprint density at radius 3 is 1.94 bits per heavy atom. The van der Waals surface area contributed by atoms with Crippen LogP contribution in [-0.4, -0.2) is 17.3 Å². The molecular formula is C28H24N2O4. The van der Waals surface area contributed by atoms with E-state index in [4.69, 9.17) is 14.6 Å². The van der Waals surface area contributed by atoms with Gasteiger partial charge in [0.05, 0.1) is 17.5 Å². The average molecular weight is 453 g/mol. The number of aromatic carboxylic acids is 1. The summed E-state index contributed by atoms with van der Waals surface area (Å²) in [6.07, 6.45) is 1.67. The summed E-state index contributed by atoms with van der Waals surface area (Å²) in [7, 11) is 0. The van der Waals surface area contributed by atoms with Gasteiger partial charge >= 0.3 is 5.97 Å². The maximum Gasteiger partial charge on any atom is 0.335 e. The van der Waals surface area contributed by atoms with Gasteiger partial charge in [-0.2, -0.15) is 5.10 Å². The number of anilines is 1. The van der Waals surface area contributed by atoms with Gasteiger partial charge in [-0.1, -0.05) is 60.7 Å². The number of nitrogens with zero attached hydrogens (tertiary/aromatic N) is 1. The Kier molecular flexibility index (Phi) is 7.54. The summed E-state index contributed by atoms with van der Waals surface area (Å²) in [5.41, 5.74) is 6.76. The van der Waals surface area contributed by atoms with E-state index in [9.17, 15) is 4.79 Å².